The van der Waals surface area contributed by atoms with E-state index < -0.39 is 0 Å². The maximum atomic E-state index is 12.7. The predicted molar refractivity (Wildman–Crippen MR) is 131 cm³/mol. The van der Waals surface area contributed by atoms with Gasteiger partial charge in [-0.15, -0.1) is 0 Å². The summed E-state index contributed by atoms with van der Waals surface area (Å²) in [5.74, 6) is 0.883. The van der Waals surface area contributed by atoms with Gasteiger partial charge < -0.3 is 14.2 Å². The number of carbonyl (C=O) groups is 2. The molecule has 0 heterocycles. The van der Waals surface area contributed by atoms with Gasteiger partial charge >= 0.3 is 0 Å². The Morgan fingerprint density at radius 1 is 0.727 bits per heavy atom. The summed E-state index contributed by atoms with van der Waals surface area (Å²) >= 11 is 6.07. The average molecular weight is 463 g/mol. The van der Waals surface area contributed by atoms with E-state index >= 15 is 0 Å². The van der Waals surface area contributed by atoms with Crippen LogP contribution in [-0.4, -0.2) is 32.9 Å². The maximum Gasteiger partial charge on any atom is 0.203 e. The highest BCUT2D eigenvalue weighted by molar-refractivity contribution is 6.34. The van der Waals surface area contributed by atoms with Crippen LogP contribution in [0.2, 0.25) is 5.02 Å². The average Bonchev–Trinajstić information content (AvgIpc) is 2.85. The van der Waals surface area contributed by atoms with Gasteiger partial charge in [0.2, 0.25) is 5.75 Å². The van der Waals surface area contributed by atoms with Crippen molar-refractivity contribution in [1.82, 2.24) is 0 Å². The lowest BCUT2D eigenvalue weighted by atomic mass is 10.1. The van der Waals surface area contributed by atoms with E-state index in [1.165, 1.54) is 33.5 Å². The Balaban J connectivity index is 1.71. The number of hydrogen-bond acceptors (Lipinski definition) is 5. The van der Waals surface area contributed by atoms with Crippen LogP contribution in [0.4, 0.5) is 0 Å². The van der Waals surface area contributed by atoms with Crippen LogP contribution in [-0.2, 0) is 0 Å². The molecule has 0 aliphatic heterocycles. The summed E-state index contributed by atoms with van der Waals surface area (Å²) < 4.78 is 15.9. The molecule has 0 N–H and O–H groups in total. The van der Waals surface area contributed by atoms with Crippen LogP contribution in [0, 0.1) is 0 Å². The van der Waals surface area contributed by atoms with Crippen molar-refractivity contribution in [2.75, 3.05) is 21.3 Å². The number of allylic oxidation sites excluding steroid dienone is 2. The second-order valence-corrected chi connectivity index (χ2v) is 7.36. The van der Waals surface area contributed by atoms with E-state index in [9.17, 15) is 9.59 Å². The molecule has 3 aromatic rings. The van der Waals surface area contributed by atoms with Crippen molar-refractivity contribution in [3.05, 3.63) is 100 Å². The van der Waals surface area contributed by atoms with Crippen LogP contribution in [0.25, 0.3) is 12.2 Å². The molecule has 5 nitrogen and oxygen atoms in total. The van der Waals surface area contributed by atoms with Crippen LogP contribution in [0.1, 0.15) is 31.8 Å². The van der Waals surface area contributed by atoms with Crippen molar-refractivity contribution in [2.24, 2.45) is 0 Å². The minimum Gasteiger partial charge on any atom is -0.493 e. The molecule has 6 heteroatoms. The number of carbonyl (C=O) groups excluding carboxylic acids is 2. The fraction of sp³-hybridized carbons (Fsp3) is 0.111. The van der Waals surface area contributed by atoms with E-state index in [1.54, 1.807) is 48.6 Å². The van der Waals surface area contributed by atoms with Crippen molar-refractivity contribution in [3.63, 3.8) is 0 Å². The third-order valence-electron chi connectivity index (χ3n) is 4.88. The molecule has 168 valence electrons. The summed E-state index contributed by atoms with van der Waals surface area (Å²) in [5.41, 5.74) is 2.56. The Hall–Kier alpha value is -3.83. The van der Waals surface area contributed by atoms with Crippen molar-refractivity contribution in [2.45, 2.75) is 0 Å². The topological polar surface area (TPSA) is 61.8 Å². The van der Waals surface area contributed by atoms with E-state index in [4.69, 9.17) is 25.8 Å². The first-order valence-corrected chi connectivity index (χ1v) is 10.4. The Morgan fingerprint density at radius 2 is 1.24 bits per heavy atom. The number of methoxy groups -OCH3 is 3. The molecule has 0 aromatic heterocycles. The molecule has 0 bridgehead atoms. The minimum atomic E-state index is -0.205. The van der Waals surface area contributed by atoms with Gasteiger partial charge in [-0.3, -0.25) is 9.59 Å². The van der Waals surface area contributed by atoms with Gasteiger partial charge in [0.25, 0.3) is 0 Å². The molecule has 0 atom stereocenters. The third kappa shape index (κ3) is 5.90. The molecular weight excluding hydrogens is 440 g/mol. The lowest BCUT2D eigenvalue weighted by molar-refractivity contribution is 0.103. The summed E-state index contributed by atoms with van der Waals surface area (Å²) in [4.78, 5) is 25.0. The molecule has 3 aromatic carbocycles. The number of halogens is 1. The van der Waals surface area contributed by atoms with Crippen LogP contribution >= 0.6 is 11.6 Å². The molecule has 0 unspecified atom stereocenters. The fourth-order valence-corrected chi connectivity index (χ4v) is 3.36. The molecule has 33 heavy (non-hydrogen) atoms. The minimum absolute atomic E-state index is 0.166. The van der Waals surface area contributed by atoms with Gasteiger partial charge in [0.1, 0.15) is 0 Å². The van der Waals surface area contributed by atoms with E-state index in [-0.39, 0.29) is 11.6 Å². The van der Waals surface area contributed by atoms with Gasteiger partial charge in [-0.1, -0.05) is 60.2 Å². The first-order valence-electron chi connectivity index (χ1n) is 10.1. The number of benzene rings is 3. The summed E-state index contributed by atoms with van der Waals surface area (Å²) in [6, 6.07) is 17.6. The zero-order valence-corrected chi connectivity index (χ0v) is 19.3. The van der Waals surface area contributed by atoms with Crippen LogP contribution in [0.15, 0.2) is 72.8 Å². The summed E-state index contributed by atoms with van der Waals surface area (Å²) in [6.45, 7) is 0. The smallest absolute Gasteiger partial charge is 0.203 e. The standard InChI is InChI=1S/C27H23ClO5/c1-31-25-16-20(17-26(32-2)27(25)33-3)23(29)14-12-18-8-10-19(11-9-18)13-15-24(30)21-6-4-5-7-22(21)28/h4-17H,1-3H3/b14-12+,15-13+. The normalized spacial score (nSPS) is 11.0. The van der Waals surface area contributed by atoms with Crippen molar-refractivity contribution < 1.29 is 23.8 Å². The van der Waals surface area contributed by atoms with E-state index in [0.717, 1.165) is 11.1 Å². The molecule has 0 radical (unpaired) electrons. The van der Waals surface area contributed by atoms with E-state index in [2.05, 4.69) is 0 Å². The molecule has 0 fully saturated rings. The monoisotopic (exact) mass is 462 g/mol. The maximum absolute atomic E-state index is 12.7. The Morgan fingerprint density at radius 3 is 1.73 bits per heavy atom. The quantitative estimate of drug-likeness (QED) is 0.281. The third-order valence-corrected chi connectivity index (χ3v) is 5.21. The highest BCUT2D eigenvalue weighted by Gasteiger charge is 2.15. The van der Waals surface area contributed by atoms with Gasteiger partial charge in [0.05, 0.1) is 26.4 Å². The molecule has 0 aliphatic rings. The van der Waals surface area contributed by atoms with Crippen LogP contribution in [0.3, 0.4) is 0 Å². The van der Waals surface area contributed by atoms with Crippen LogP contribution in [0.5, 0.6) is 17.2 Å². The molecule has 0 aliphatic carbocycles. The lowest BCUT2D eigenvalue weighted by Gasteiger charge is -2.13. The number of hydrogen-bond donors (Lipinski definition) is 0. The fourth-order valence-electron chi connectivity index (χ4n) is 3.13. The van der Waals surface area contributed by atoms with Gasteiger partial charge in [0, 0.05) is 11.1 Å². The Bertz CT molecular complexity index is 1180. The summed E-state index contributed by atoms with van der Waals surface area (Å²) in [7, 11) is 4.51. The molecule has 0 spiro atoms. The second-order valence-electron chi connectivity index (χ2n) is 6.96. The zero-order chi connectivity index (χ0) is 23.8. The number of ketones is 2. The number of rotatable bonds is 9. The molecule has 0 amide bonds. The molecule has 0 saturated carbocycles. The summed E-state index contributed by atoms with van der Waals surface area (Å²) in [6.07, 6.45) is 6.40. The predicted octanol–water partition coefficient (Wildman–Crippen LogP) is 6.16. The van der Waals surface area contributed by atoms with Gasteiger partial charge in [-0.25, -0.2) is 0 Å². The SMILES string of the molecule is COc1cc(C(=O)/C=C/c2ccc(/C=C/C(=O)c3ccccc3Cl)cc2)cc(OC)c1OC. The molecule has 0 saturated heterocycles. The lowest BCUT2D eigenvalue weighted by Crippen LogP contribution is -2.00. The van der Waals surface area contributed by atoms with E-state index in [1.807, 2.05) is 24.3 Å². The van der Waals surface area contributed by atoms with Crippen molar-refractivity contribution >= 4 is 35.3 Å². The summed E-state index contributed by atoms with van der Waals surface area (Å²) in [5, 5.41) is 0.421. The largest absolute Gasteiger partial charge is 0.493 e. The van der Waals surface area contributed by atoms with Gasteiger partial charge in [-0.2, -0.15) is 0 Å². The highest BCUT2D eigenvalue weighted by Crippen LogP contribution is 2.38. The zero-order valence-electron chi connectivity index (χ0n) is 18.5. The highest BCUT2D eigenvalue weighted by atomic mass is 35.5. The van der Waals surface area contributed by atoms with E-state index in [0.29, 0.717) is 33.4 Å². The van der Waals surface area contributed by atoms with Crippen LogP contribution < -0.4 is 14.2 Å². The first-order chi connectivity index (χ1) is 16.0. The number of ether oxygens (including phenoxy) is 3. The Kier molecular flexibility index (Phi) is 8.06. The van der Waals surface area contributed by atoms with Gasteiger partial charge in [0.15, 0.2) is 23.1 Å². The Labute approximate surface area is 197 Å². The van der Waals surface area contributed by atoms with Gasteiger partial charge in [-0.05, 0) is 47.5 Å². The molecular formula is C27H23ClO5. The molecule has 3 rings (SSSR count). The first kappa shape index (κ1) is 23.8. The van der Waals surface area contributed by atoms with Crippen molar-refractivity contribution in [3.8, 4) is 17.2 Å². The second kappa shape index (κ2) is 11.2. The van der Waals surface area contributed by atoms with Crippen molar-refractivity contribution in [1.29, 1.82) is 0 Å².